The van der Waals surface area contributed by atoms with Gasteiger partial charge >= 0.3 is 0 Å². The molecule has 0 aliphatic heterocycles. The van der Waals surface area contributed by atoms with Gasteiger partial charge in [-0.1, -0.05) is 46.8 Å². The summed E-state index contributed by atoms with van der Waals surface area (Å²) in [5, 5.41) is 25.2. The van der Waals surface area contributed by atoms with Crippen molar-refractivity contribution in [3.8, 4) is 0 Å². The summed E-state index contributed by atoms with van der Waals surface area (Å²) in [7, 11) is 3.17. The van der Waals surface area contributed by atoms with Crippen molar-refractivity contribution in [2.24, 2.45) is 17.8 Å². The Balaban J connectivity index is 5.37. The minimum Gasteiger partial charge on any atom is -0.392 e. The van der Waals surface area contributed by atoms with Crippen LogP contribution in [0.25, 0.3) is 0 Å². The van der Waals surface area contributed by atoms with E-state index in [9.17, 15) is 19.5 Å². The van der Waals surface area contributed by atoms with E-state index in [-0.39, 0.29) is 24.3 Å². The second-order valence-corrected chi connectivity index (χ2v) is 8.63. The normalized spacial score (nSPS) is 16.9. The number of amides is 2. The van der Waals surface area contributed by atoms with Crippen molar-refractivity contribution in [2.45, 2.75) is 71.7 Å². The molecule has 30 heavy (non-hydrogen) atoms. The Bertz CT molecular complexity index is 565. The predicted molar refractivity (Wildman–Crippen MR) is 118 cm³/mol. The summed E-state index contributed by atoms with van der Waals surface area (Å²) >= 11 is 0. The van der Waals surface area contributed by atoms with E-state index in [0.29, 0.717) is 25.0 Å². The summed E-state index contributed by atoms with van der Waals surface area (Å²) in [5.41, 5.74) is 0. The van der Waals surface area contributed by atoms with Gasteiger partial charge in [0.1, 0.15) is 18.4 Å². The fourth-order valence-corrected chi connectivity index (χ4v) is 3.22. The first-order chi connectivity index (χ1) is 14.0. The van der Waals surface area contributed by atoms with E-state index in [2.05, 4.69) is 10.6 Å². The molecule has 0 spiro atoms. The molecule has 0 aliphatic carbocycles. The Morgan fingerprint density at radius 1 is 1.10 bits per heavy atom. The lowest BCUT2D eigenvalue weighted by atomic mass is 9.93. The third kappa shape index (κ3) is 8.93. The minimum atomic E-state index is -1.07. The lowest BCUT2D eigenvalue weighted by Gasteiger charge is -2.34. The fraction of sp³-hybridized carbons (Fsp3) is 0.773. The zero-order valence-electron chi connectivity index (χ0n) is 19.5. The SMILES string of the molecule is CN[C@@H](CC(C)C)C(=O)N[C@H](C(=O)N(C)[C@@H](C=O)[C@H](O)[C@H](C)C/C=C/CO)C(C)C. The van der Waals surface area contributed by atoms with Crippen LogP contribution in [-0.2, 0) is 14.4 Å². The van der Waals surface area contributed by atoms with E-state index in [4.69, 9.17) is 5.11 Å². The quantitative estimate of drug-likeness (QED) is 0.240. The van der Waals surface area contributed by atoms with E-state index >= 15 is 0 Å². The van der Waals surface area contributed by atoms with Gasteiger partial charge in [0.05, 0.1) is 18.8 Å². The molecule has 2 amide bonds. The number of hydrogen-bond donors (Lipinski definition) is 4. The Kier molecular flexibility index (Phi) is 13.4. The second-order valence-electron chi connectivity index (χ2n) is 8.63. The van der Waals surface area contributed by atoms with E-state index in [1.54, 1.807) is 26.1 Å². The molecule has 0 bridgehead atoms. The summed E-state index contributed by atoms with van der Waals surface area (Å²) in [6.45, 7) is 9.35. The standard InChI is InChI=1S/C22H41N3O5/c1-14(2)12-17(23-6)21(29)24-19(15(3)4)22(30)25(7)18(13-27)20(28)16(5)10-8-9-11-26/h8-9,13-20,23,26,28H,10-12H2,1-7H3,(H,24,29)/b9-8+/t16-,17+,18+,19+,20-/m1/s1. The smallest absolute Gasteiger partial charge is 0.245 e. The van der Waals surface area contributed by atoms with Crippen LogP contribution in [0.15, 0.2) is 12.2 Å². The van der Waals surface area contributed by atoms with Crippen LogP contribution in [0.3, 0.4) is 0 Å². The molecule has 0 saturated carbocycles. The zero-order chi connectivity index (χ0) is 23.4. The van der Waals surface area contributed by atoms with Crippen molar-refractivity contribution in [1.82, 2.24) is 15.5 Å². The zero-order valence-corrected chi connectivity index (χ0v) is 19.5. The van der Waals surface area contributed by atoms with E-state index in [1.165, 1.54) is 11.9 Å². The van der Waals surface area contributed by atoms with Gasteiger partial charge < -0.3 is 30.5 Å². The van der Waals surface area contributed by atoms with E-state index < -0.39 is 30.1 Å². The molecular weight excluding hydrogens is 386 g/mol. The van der Waals surface area contributed by atoms with Crippen LogP contribution in [0.1, 0.15) is 47.5 Å². The predicted octanol–water partition coefficient (Wildman–Crippen LogP) is 0.723. The fourth-order valence-electron chi connectivity index (χ4n) is 3.22. The topological polar surface area (TPSA) is 119 Å². The van der Waals surface area contributed by atoms with E-state index in [1.807, 2.05) is 27.7 Å². The van der Waals surface area contributed by atoms with Crippen LogP contribution in [-0.4, -0.2) is 78.1 Å². The molecule has 0 radical (unpaired) electrons. The van der Waals surface area contributed by atoms with Gasteiger partial charge in [0.2, 0.25) is 11.8 Å². The lowest BCUT2D eigenvalue weighted by molar-refractivity contribution is -0.143. The maximum absolute atomic E-state index is 13.1. The number of allylic oxidation sites excluding steroid dienone is 1. The Hall–Kier alpha value is -1.77. The molecule has 174 valence electrons. The highest BCUT2D eigenvalue weighted by Crippen LogP contribution is 2.17. The van der Waals surface area contributed by atoms with Crippen LogP contribution in [0.2, 0.25) is 0 Å². The molecule has 5 atom stereocenters. The van der Waals surface area contributed by atoms with Gasteiger partial charge in [-0.05, 0) is 37.6 Å². The number of aliphatic hydroxyl groups excluding tert-OH is 2. The molecule has 0 unspecified atom stereocenters. The van der Waals surface area contributed by atoms with Crippen LogP contribution >= 0.6 is 0 Å². The van der Waals surface area contributed by atoms with Gasteiger partial charge in [0.15, 0.2) is 0 Å². The molecule has 0 rings (SSSR count). The molecule has 0 aromatic heterocycles. The van der Waals surface area contributed by atoms with Crippen molar-refractivity contribution >= 4 is 18.1 Å². The number of aldehydes is 1. The summed E-state index contributed by atoms with van der Waals surface area (Å²) in [5.74, 6) is -0.885. The number of aliphatic hydroxyl groups is 2. The Labute approximate surface area is 181 Å². The number of carbonyl (C=O) groups excluding carboxylic acids is 3. The van der Waals surface area contributed by atoms with Gasteiger partial charge in [-0.25, -0.2) is 0 Å². The average Bonchev–Trinajstić information content (AvgIpc) is 2.69. The molecule has 4 N–H and O–H groups in total. The summed E-state index contributed by atoms with van der Waals surface area (Å²) in [6.07, 6.45) is 3.86. The highest BCUT2D eigenvalue weighted by atomic mass is 16.3. The Morgan fingerprint density at radius 2 is 1.70 bits per heavy atom. The molecule has 8 nitrogen and oxygen atoms in total. The van der Waals surface area contributed by atoms with Crippen molar-refractivity contribution < 1.29 is 24.6 Å². The van der Waals surface area contributed by atoms with Gasteiger partial charge in [-0.15, -0.1) is 0 Å². The number of nitrogens with zero attached hydrogens (tertiary/aromatic N) is 1. The van der Waals surface area contributed by atoms with Crippen molar-refractivity contribution in [3.05, 3.63) is 12.2 Å². The molecular formula is C22H41N3O5. The molecule has 0 fully saturated rings. The first kappa shape index (κ1) is 28.2. The minimum absolute atomic E-state index is 0.0987. The second kappa shape index (κ2) is 14.3. The van der Waals surface area contributed by atoms with Crippen molar-refractivity contribution in [2.75, 3.05) is 20.7 Å². The third-order valence-electron chi connectivity index (χ3n) is 5.25. The maximum Gasteiger partial charge on any atom is 0.245 e. The summed E-state index contributed by atoms with van der Waals surface area (Å²) < 4.78 is 0. The highest BCUT2D eigenvalue weighted by Gasteiger charge is 2.35. The van der Waals surface area contributed by atoms with Crippen molar-refractivity contribution in [3.63, 3.8) is 0 Å². The van der Waals surface area contributed by atoms with Crippen LogP contribution in [0, 0.1) is 17.8 Å². The number of likely N-dealkylation sites (N-methyl/N-ethyl adjacent to an activating group) is 2. The molecule has 0 aromatic carbocycles. The Morgan fingerprint density at radius 3 is 2.13 bits per heavy atom. The van der Waals surface area contributed by atoms with E-state index in [0.717, 1.165) is 0 Å². The van der Waals surface area contributed by atoms with Gasteiger partial charge in [0.25, 0.3) is 0 Å². The van der Waals surface area contributed by atoms with Gasteiger partial charge in [0, 0.05) is 7.05 Å². The maximum atomic E-state index is 13.1. The summed E-state index contributed by atoms with van der Waals surface area (Å²) in [6, 6.07) is -2.27. The molecule has 8 heteroatoms. The lowest BCUT2D eigenvalue weighted by Crippen LogP contribution is -2.58. The number of rotatable bonds is 14. The third-order valence-corrected chi connectivity index (χ3v) is 5.25. The van der Waals surface area contributed by atoms with Crippen LogP contribution < -0.4 is 10.6 Å². The van der Waals surface area contributed by atoms with Gasteiger partial charge in [-0.2, -0.15) is 0 Å². The average molecular weight is 428 g/mol. The highest BCUT2D eigenvalue weighted by molar-refractivity contribution is 5.91. The monoisotopic (exact) mass is 427 g/mol. The number of nitrogens with one attached hydrogen (secondary N) is 2. The number of carbonyl (C=O) groups is 3. The molecule has 0 aliphatic rings. The summed E-state index contributed by atoms with van der Waals surface area (Å²) in [4.78, 5) is 38.7. The van der Waals surface area contributed by atoms with Crippen LogP contribution in [0.5, 0.6) is 0 Å². The van der Waals surface area contributed by atoms with Crippen molar-refractivity contribution in [1.29, 1.82) is 0 Å². The first-order valence-corrected chi connectivity index (χ1v) is 10.6. The molecule has 0 heterocycles. The molecule has 0 aromatic rings. The largest absolute Gasteiger partial charge is 0.392 e. The van der Waals surface area contributed by atoms with Crippen LogP contribution in [0.4, 0.5) is 0 Å². The number of hydrogen-bond acceptors (Lipinski definition) is 6. The van der Waals surface area contributed by atoms with Gasteiger partial charge in [-0.3, -0.25) is 9.59 Å². The molecule has 0 saturated heterocycles. The first-order valence-electron chi connectivity index (χ1n) is 10.6.